The van der Waals surface area contributed by atoms with Gasteiger partial charge in [-0.05, 0) is 30.3 Å². The molecule has 0 heterocycles. The Bertz CT molecular complexity index is 541. The van der Waals surface area contributed by atoms with Gasteiger partial charge in [0.15, 0.2) is 11.2 Å². The number of amides is 1. The summed E-state index contributed by atoms with van der Waals surface area (Å²) >= 11 is 0. The van der Waals surface area contributed by atoms with E-state index in [0.29, 0.717) is 0 Å². The van der Waals surface area contributed by atoms with Crippen LogP contribution in [0, 0.1) is 16.7 Å². The Kier molecular flexibility index (Phi) is 6.10. The van der Waals surface area contributed by atoms with Crippen LogP contribution in [0.5, 0.6) is 0 Å². The summed E-state index contributed by atoms with van der Waals surface area (Å²) in [5.74, 6) is -3.94. The highest BCUT2D eigenvalue weighted by molar-refractivity contribution is 6.00. The van der Waals surface area contributed by atoms with Crippen LogP contribution in [0.2, 0.25) is 0 Å². The molecule has 1 fully saturated rings. The third-order valence-electron chi connectivity index (χ3n) is 4.59. The van der Waals surface area contributed by atoms with Gasteiger partial charge in [-0.25, -0.2) is 9.45 Å². The van der Waals surface area contributed by atoms with Gasteiger partial charge in [-0.15, -0.1) is 0 Å². The third-order valence-corrected chi connectivity index (χ3v) is 4.59. The minimum absolute atomic E-state index is 0.00323. The summed E-state index contributed by atoms with van der Waals surface area (Å²) in [4.78, 5) is 40.9. The SMILES string of the molecule is COC(=O)C1(C(=O)OC)CC(/C=C(\F)C(=O)N(C)OC)C(C)(C)C1. The summed E-state index contributed by atoms with van der Waals surface area (Å²) in [5, 5.41) is 0.752. The highest BCUT2D eigenvalue weighted by atomic mass is 19.1. The van der Waals surface area contributed by atoms with Gasteiger partial charge in [0.1, 0.15) is 0 Å². The second kappa shape index (κ2) is 7.29. The molecular weight excluding hydrogens is 321 g/mol. The quantitative estimate of drug-likeness (QED) is 0.326. The monoisotopic (exact) mass is 345 g/mol. The van der Waals surface area contributed by atoms with E-state index in [4.69, 9.17) is 9.47 Å². The first kappa shape index (κ1) is 20.1. The average molecular weight is 345 g/mol. The molecule has 1 saturated carbocycles. The maximum atomic E-state index is 14.2. The number of hydroxylamine groups is 2. The third kappa shape index (κ3) is 3.58. The van der Waals surface area contributed by atoms with Crippen LogP contribution in [0.4, 0.5) is 4.39 Å². The molecule has 1 amide bonds. The number of carbonyl (C=O) groups excluding carboxylic acids is 3. The number of nitrogens with zero attached hydrogens (tertiary/aromatic N) is 1. The Labute approximate surface area is 140 Å². The maximum absolute atomic E-state index is 14.2. The van der Waals surface area contributed by atoms with Crippen LogP contribution in [-0.2, 0) is 28.7 Å². The van der Waals surface area contributed by atoms with Crippen molar-refractivity contribution in [2.75, 3.05) is 28.4 Å². The van der Waals surface area contributed by atoms with E-state index >= 15 is 0 Å². The number of rotatable bonds is 5. The van der Waals surface area contributed by atoms with E-state index in [1.165, 1.54) is 28.4 Å². The summed E-state index contributed by atoms with van der Waals surface area (Å²) < 4.78 is 23.7. The second-order valence-electron chi connectivity index (χ2n) is 6.54. The smallest absolute Gasteiger partial charge is 0.323 e. The summed E-state index contributed by atoms with van der Waals surface area (Å²) in [7, 11) is 4.88. The molecule has 8 heteroatoms. The lowest BCUT2D eigenvalue weighted by atomic mass is 9.80. The van der Waals surface area contributed by atoms with Crippen molar-refractivity contribution in [3.05, 3.63) is 11.9 Å². The molecule has 1 aliphatic rings. The lowest BCUT2D eigenvalue weighted by Crippen LogP contribution is -2.39. The van der Waals surface area contributed by atoms with E-state index in [0.717, 1.165) is 11.1 Å². The number of allylic oxidation sites excluding steroid dienone is 1. The Morgan fingerprint density at radius 2 is 1.62 bits per heavy atom. The first-order chi connectivity index (χ1) is 11.1. The van der Waals surface area contributed by atoms with Gasteiger partial charge in [-0.2, -0.15) is 0 Å². The molecular formula is C16H24FNO6. The van der Waals surface area contributed by atoms with Crippen molar-refractivity contribution >= 4 is 17.8 Å². The Balaban J connectivity index is 3.21. The van der Waals surface area contributed by atoms with E-state index in [-0.39, 0.29) is 12.8 Å². The molecule has 0 radical (unpaired) electrons. The van der Waals surface area contributed by atoms with Crippen molar-refractivity contribution in [2.24, 2.45) is 16.7 Å². The van der Waals surface area contributed by atoms with Crippen LogP contribution in [-0.4, -0.2) is 51.3 Å². The number of hydrogen-bond acceptors (Lipinski definition) is 6. The standard InChI is InChI=1S/C16H24FNO6/c1-15(2)9-16(13(20)22-4,14(21)23-5)8-10(15)7-11(17)12(19)18(3)24-6/h7,10H,8-9H2,1-6H3/b11-7-. The highest BCUT2D eigenvalue weighted by Gasteiger charge is 2.59. The zero-order valence-electron chi connectivity index (χ0n) is 14.8. The van der Waals surface area contributed by atoms with E-state index in [1.54, 1.807) is 13.8 Å². The largest absolute Gasteiger partial charge is 0.468 e. The molecule has 0 aliphatic heterocycles. The van der Waals surface area contributed by atoms with E-state index in [9.17, 15) is 18.8 Å². The van der Waals surface area contributed by atoms with Gasteiger partial charge in [-0.1, -0.05) is 13.8 Å². The van der Waals surface area contributed by atoms with Crippen LogP contribution in [0.25, 0.3) is 0 Å². The number of halogens is 1. The first-order valence-electron chi connectivity index (χ1n) is 7.42. The van der Waals surface area contributed by atoms with Crippen molar-refractivity contribution in [1.82, 2.24) is 5.06 Å². The molecule has 136 valence electrons. The zero-order valence-corrected chi connectivity index (χ0v) is 14.8. The van der Waals surface area contributed by atoms with E-state index in [1.807, 2.05) is 0 Å². The fraction of sp³-hybridized carbons (Fsp3) is 0.688. The molecule has 1 unspecified atom stereocenters. The number of methoxy groups -OCH3 is 2. The van der Waals surface area contributed by atoms with Gasteiger partial charge in [0.05, 0.1) is 21.3 Å². The average Bonchev–Trinajstić information content (AvgIpc) is 2.83. The lowest BCUT2D eigenvalue weighted by Gasteiger charge is -2.26. The summed E-state index contributed by atoms with van der Waals surface area (Å²) in [6.45, 7) is 3.58. The number of carbonyl (C=O) groups is 3. The molecule has 0 bridgehead atoms. The molecule has 0 N–H and O–H groups in total. The molecule has 1 aliphatic carbocycles. The van der Waals surface area contributed by atoms with Crippen molar-refractivity contribution < 1.29 is 33.1 Å². The zero-order chi connectivity index (χ0) is 18.7. The number of hydrogen-bond donors (Lipinski definition) is 0. The van der Waals surface area contributed by atoms with Gasteiger partial charge in [-0.3, -0.25) is 19.2 Å². The number of ether oxygens (including phenoxy) is 2. The maximum Gasteiger partial charge on any atom is 0.323 e. The fourth-order valence-corrected chi connectivity index (χ4v) is 3.18. The second-order valence-corrected chi connectivity index (χ2v) is 6.54. The van der Waals surface area contributed by atoms with Crippen molar-refractivity contribution in [3.63, 3.8) is 0 Å². The summed E-state index contributed by atoms with van der Waals surface area (Å²) in [6.07, 6.45) is 1.25. The van der Waals surface area contributed by atoms with Gasteiger partial charge in [0.25, 0.3) is 0 Å². The van der Waals surface area contributed by atoms with Crippen molar-refractivity contribution in [3.8, 4) is 0 Å². The molecule has 7 nitrogen and oxygen atoms in total. The van der Waals surface area contributed by atoms with Gasteiger partial charge in [0.2, 0.25) is 0 Å². The number of likely N-dealkylation sites (N-methyl/N-ethyl adjacent to an activating group) is 1. The molecule has 1 atom stereocenters. The number of esters is 2. The van der Waals surface area contributed by atoms with E-state index < -0.39 is 40.4 Å². The molecule has 1 rings (SSSR count). The Morgan fingerprint density at radius 1 is 1.12 bits per heavy atom. The summed E-state index contributed by atoms with van der Waals surface area (Å²) in [6, 6.07) is 0. The lowest BCUT2D eigenvalue weighted by molar-refractivity contribution is -0.169. The molecule has 0 aromatic carbocycles. The fourth-order valence-electron chi connectivity index (χ4n) is 3.18. The Morgan fingerprint density at radius 3 is 2.04 bits per heavy atom. The Hall–Kier alpha value is -1.96. The minimum atomic E-state index is -1.51. The van der Waals surface area contributed by atoms with Crippen LogP contribution >= 0.6 is 0 Å². The van der Waals surface area contributed by atoms with Crippen LogP contribution in [0.3, 0.4) is 0 Å². The predicted molar refractivity (Wildman–Crippen MR) is 81.9 cm³/mol. The van der Waals surface area contributed by atoms with Crippen LogP contribution in [0.1, 0.15) is 26.7 Å². The molecule has 0 spiro atoms. The molecule has 0 saturated heterocycles. The van der Waals surface area contributed by atoms with Gasteiger partial charge >= 0.3 is 17.8 Å². The van der Waals surface area contributed by atoms with Crippen molar-refractivity contribution in [1.29, 1.82) is 0 Å². The first-order valence-corrected chi connectivity index (χ1v) is 7.42. The summed E-state index contributed by atoms with van der Waals surface area (Å²) in [5.41, 5.74) is -2.13. The normalized spacial score (nSPS) is 22.0. The van der Waals surface area contributed by atoms with Crippen molar-refractivity contribution in [2.45, 2.75) is 26.7 Å². The van der Waals surface area contributed by atoms with Crippen LogP contribution in [0.15, 0.2) is 11.9 Å². The molecule has 0 aromatic rings. The molecule has 0 aromatic heterocycles. The highest BCUT2D eigenvalue weighted by Crippen LogP contribution is 2.55. The topological polar surface area (TPSA) is 82.1 Å². The minimum Gasteiger partial charge on any atom is -0.468 e. The van der Waals surface area contributed by atoms with Crippen LogP contribution < -0.4 is 0 Å². The van der Waals surface area contributed by atoms with E-state index in [2.05, 4.69) is 4.84 Å². The van der Waals surface area contributed by atoms with Gasteiger partial charge in [0, 0.05) is 7.05 Å². The molecule has 24 heavy (non-hydrogen) atoms. The predicted octanol–water partition coefficient (Wildman–Crippen LogP) is 1.63. The van der Waals surface area contributed by atoms with Gasteiger partial charge < -0.3 is 9.47 Å².